The fourth-order valence-corrected chi connectivity index (χ4v) is 2.37. The molecule has 32 heavy (non-hydrogen) atoms. The maximum Gasteiger partial charge on any atom is 0.384 e. The third kappa shape index (κ3) is 3.58. The van der Waals surface area contributed by atoms with Crippen LogP contribution in [-0.4, -0.2) is 60.4 Å². The van der Waals surface area contributed by atoms with Crippen LogP contribution in [0.3, 0.4) is 0 Å². The number of hydrogen-bond acceptors (Lipinski definition) is 4. The topological polar surface area (TPSA) is 52.6 Å². The van der Waals surface area contributed by atoms with E-state index in [2.05, 4.69) is 9.47 Å². The van der Waals surface area contributed by atoms with Gasteiger partial charge in [0, 0.05) is 0 Å². The monoisotopic (exact) mass is 496 g/mol. The molecule has 0 unspecified atom stereocenters. The van der Waals surface area contributed by atoms with Crippen molar-refractivity contribution in [2.75, 3.05) is 13.2 Å². The van der Waals surface area contributed by atoms with Crippen molar-refractivity contribution in [3.05, 3.63) is 0 Å². The third-order valence-corrected chi connectivity index (χ3v) is 5.51. The largest absolute Gasteiger partial charge is 0.465 e. The quantitative estimate of drug-likeness (QED) is 0.366. The summed E-state index contributed by atoms with van der Waals surface area (Å²) >= 11 is 0. The SMILES string of the molecule is CC(C)C(C)(C)C(=O)OCCC(=O)OCC1(F)C(F)(F)C(F)(F)C(F)(F)C(F)(F)C1(F)F. The van der Waals surface area contributed by atoms with Gasteiger partial charge in [-0.2, -0.15) is 43.9 Å². The average Bonchev–Trinajstić information content (AvgIpc) is 2.63. The normalized spacial score (nSPS) is 24.6. The summed E-state index contributed by atoms with van der Waals surface area (Å²) in [7, 11) is 0. The van der Waals surface area contributed by atoms with E-state index in [0.29, 0.717) is 0 Å². The van der Waals surface area contributed by atoms with Gasteiger partial charge in [0.2, 0.25) is 0 Å². The van der Waals surface area contributed by atoms with Crippen molar-refractivity contribution in [1.29, 1.82) is 0 Å². The summed E-state index contributed by atoms with van der Waals surface area (Å²) in [6.45, 7) is 2.21. The minimum absolute atomic E-state index is 0.259. The Bertz CT molecular complexity index is 717. The Labute approximate surface area is 174 Å². The minimum Gasteiger partial charge on any atom is -0.465 e. The zero-order chi connectivity index (χ0) is 25.8. The first-order valence-corrected chi connectivity index (χ1v) is 8.87. The van der Waals surface area contributed by atoms with Crippen LogP contribution in [0.15, 0.2) is 0 Å². The first kappa shape index (κ1) is 28.2. The summed E-state index contributed by atoms with van der Waals surface area (Å²) in [5.74, 6) is -39.1. The van der Waals surface area contributed by atoms with Crippen molar-refractivity contribution < 1.29 is 67.4 Å². The van der Waals surface area contributed by atoms with E-state index in [0.717, 1.165) is 0 Å². The highest BCUT2D eigenvalue weighted by Crippen LogP contribution is 2.69. The molecule has 0 aromatic heterocycles. The summed E-state index contributed by atoms with van der Waals surface area (Å²) in [6, 6.07) is 0. The predicted octanol–water partition coefficient (Wildman–Crippen LogP) is 5.04. The predicted molar refractivity (Wildman–Crippen MR) is 83.7 cm³/mol. The summed E-state index contributed by atoms with van der Waals surface area (Å²) in [6.07, 6.45) is -1.10. The van der Waals surface area contributed by atoms with Gasteiger partial charge in [-0.05, 0) is 19.8 Å². The summed E-state index contributed by atoms with van der Waals surface area (Å²) < 4.78 is 157. The second-order valence-corrected chi connectivity index (χ2v) is 8.10. The van der Waals surface area contributed by atoms with Gasteiger partial charge in [0.25, 0.3) is 5.67 Å². The number of alkyl halides is 11. The van der Waals surface area contributed by atoms with Crippen molar-refractivity contribution in [2.45, 2.75) is 69.4 Å². The van der Waals surface area contributed by atoms with Crippen molar-refractivity contribution >= 4 is 11.9 Å². The fourth-order valence-electron chi connectivity index (χ4n) is 2.37. The lowest BCUT2D eigenvalue weighted by atomic mass is 9.72. The molecule has 0 radical (unpaired) electrons. The molecule has 1 saturated carbocycles. The number of halogens is 11. The Balaban J connectivity index is 3.01. The van der Waals surface area contributed by atoms with Crippen LogP contribution in [0.5, 0.6) is 0 Å². The molecule has 0 bridgehead atoms. The van der Waals surface area contributed by atoms with E-state index in [1.54, 1.807) is 13.8 Å². The molecular formula is C17H19F11O4. The van der Waals surface area contributed by atoms with Crippen molar-refractivity contribution in [2.24, 2.45) is 11.3 Å². The van der Waals surface area contributed by atoms with Crippen LogP contribution in [0.2, 0.25) is 0 Å². The zero-order valence-electron chi connectivity index (χ0n) is 17.0. The maximum absolute atomic E-state index is 14.4. The van der Waals surface area contributed by atoms with Crippen LogP contribution in [-0.2, 0) is 19.1 Å². The summed E-state index contributed by atoms with van der Waals surface area (Å²) in [5, 5.41) is 0. The van der Waals surface area contributed by atoms with Crippen molar-refractivity contribution in [3.8, 4) is 0 Å². The van der Waals surface area contributed by atoms with E-state index in [1.165, 1.54) is 13.8 Å². The lowest BCUT2D eigenvalue weighted by molar-refractivity contribution is -0.487. The molecule has 0 amide bonds. The van der Waals surface area contributed by atoms with Crippen LogP contribution in [0.1, 0.15) is 34.1 Å². The van der Waals surface area contributed by atoms with Gasteiger partial charge < -0.3 is 9.47 Å². The number of ether oxygens (including phenoxy) is 2. The number of esters is 2. The summed E-state index contributed by atoms with van der Waals surface area (Å²) in [5.41, 5.74) is -7.47. The number of carbonyl (C=O) groups is 2. The van der Waals surface area contributed by atoms with E-state index < -0.39 is 72.3 Å². The van der Waals surface area contributed by atoms with E-state index in [-0.39, 0.29) is 5.92 Å². The van der Waals surface area contributed by atoms with Crippen LogP contribution in [0.4, 0.5) is 48.3 Å². The Hall–Kier alpha value is -1.83. The second kappa shape index (κ2) is 7.89. The number of hydrogen-bond donors (Lipinski definition) is 0. The molecule has 0 aromatic rings. The number of carbonyl (C=O) groups excluding carboxylic acids is 2. The number of rotatable bonds is 7. The van der Waals surface area contributed by atoms with Crippen LogP contribution >= 0.6 is 0 Å². The van der Waals surface area contributed by atoms with Crippen LogP contribution in [0, 0.1) is 11.3 Å². The molecule has 188 valence electrons. The molecule has 0 aromatic carbocycles. The molecule has 1 aliphatic rings. The molecular weight excluding hydrogens is 477 g/mol. The maximum atomic E-state index is 14.4. The highest BCUT2D eigenvalue weighted by molar-refractivity contribution is 5.76. The van der Waals surface area contributed by atoms with Crippen LogP contribution < -0.4 is 0 Å². The Kier molecular flexibility index (Phi) is 6.95. The van der Waals surface area contributed by atoms with E-state index >= 15 is 0 Å². The molecule has 1 aliphatic carbocycles. The Morgan fingerprint density at radius 3 is 1.47 bits per heavy atom. The highest BCUT2D eigenvalue weighted by atomic mass is 19.4. The molecule has 0 heterocycles. The van der Waals surface area contributed by atoms with Crippen molar-refractivity contribution in [1.82, 2.24) is 0 Å². The first-order valence-electron chi connectivity index (χ1n) is 8.87. The Morgan fingerprint density at radius 2 is 1.09 bits per heavy atom. The van der Waals surface area contributed by atoms with Gasteiger partial charge in [-0.15, -0.1) is 0 Å². The lowest BCUT2D eigenvalue weighted by Gasteiger charge is -2.52. The first-order chi connectivity index (χ1) is 14.0. The molecule has 1 fully saturated rings. The van der Waals surface area contributed by atoms with E-state index in [1.807, 2.05) is 0 Å². The van der Waals surface area contributed by atoms with Gasteiger partial charge in [-0.1, -0.05) is 13.8 Å². The second-order valence-electron chi connectivity index (χ2n) is 8.10. The van der Waals surface area contributed by atoms with E-state index in [4.69, 9.17) is 0 Å². The minimum atomic E-state index is -7.34. The molecule has 0 aliphatic heterocycles. The van der Waals surface area contributed by atoms with Gasteiger partial charge in [0.05, 0.1) is 11.8 Å². The van der Waals surface area contributed by atoms with Gasteiger partial charge >= 0.3 is 41.6 Å². The van der Waals surface area contributed by atoms with Gasteiger partial charge in [0.15, 0.2) is 0 Å². The molecule has 0 saturated heterocycles. The highest BCUT2D eigenvalue weighted by Gasteiger charge is 3.01. The van der Waals surface area contributed by atoms with Crippen LogP contribution in [0.25, 0.3) is 0 Å². The molecule has 1 rings (SSSR count). The van der Waals surface area contributed by atoms with Crippen molar-refractivity contribution in [3.63, 3.8) is 0 Å². The Morgan fingerprint density at radius 1 is 0.719 bits per heavy atom. The van der Waals surface area contributed by atoms with E-state index in [9.17, 15) is 57.9 Å². The zero-order valence-corrected chi connectivity index (χ0v) is 17.0. The standard InChI is InChI=1S/C17H19F11O4/c1-8(2)11(3,4)10(30)31-6-5-9(29)32-7-12(18)13(19,20)15(23,24)17(27,28)16(25,26)14(12,21)22/h8H,5-7H2,1-4H3. The van der Waals surface area contributed by atoms with Gasteiger partial charge in [0.1, 0.15) is 13.2 Å². The molecule has 0 N–H and O–H groups in total. The molecule has 0 spiro atoms. The summed E-state index contributed by atoms with van der Waals surface area (Å²) in [4.78, 5) is 23.3. The fraction of sp³-hybridized carbons (Fsp3) is 0.882. The third-order valence-electron chi connectivity index (χ3n) is 5.51. The molecule has 4 nitrogen and oxygen atoms in total. The van der Waals surface area contributed by atoms with Gasteiger partial charge in [-0.3, -0.25) is 9.59 Å². The molecule has 0 atom stereocenters. The lowest BCUT2D eigenvalue weighted by Crippen LogP contribution is -2.84. The van der Waals surface area contributed by atoms with Gasteiger partial charge in [-0.25, -0.2) is 4.39 Å². The smallest absolute Gasteiger partial charge is 0.384 e. The average molecular weight is 496 g/mol. The molecule has 15 heteroatoms.